The lowest BCUT2D eigenvalue weighted by molar-refractivity contribution is 0.132. The largest absolute Gasteiger partial charge is 0.477 e. The van der Waals surface area contributed by atoms with Gasteiger partial charge in [-0.3, -0.25) is 0 Å². The van der Waals surface area contributed by atoms with Crippen molar-refractivity contribution in [2.75, 3.05) is 7.11 Å². The molecule has 24 heavy (non-hydrogen) atoms. The predicted molar refractivity (Wildman–Crippen MR) is 84.2 cm³/mol. The number of aromatic nitrogens is 4. The van der Waals surface area contributed by atoms with E-state index in [0.29, 0.717) is 24.6 Å². The van der Waals surface area contributed by atoms with Gasteiger partial charge >= 0.3 is 0 Å². The van der Waals surface area contributed by atoms with Gasteiger partial charge in [-0.15, -0.1) is 0 Å². The molecule has 130 valence electrons. The molecule has 1 fully saturated rings. The number of H-pyrrole nitrogens is 1. The number of hydrogen-bond donors (Lipinski definition) is 2. The standard InChI is InChI=1S/C14H19N5O4S/c1-22-13-14(17-7-6-16-13)23-11-4-2-10(3-5-11)19-24(20,21)12-8-15-9-18-12/h6-11,19H,2-5H2,1H3,(H,15,18). The van der Waals surface area contributed by atoms with E-state index in [4.69, 9.17) is 9.47 Å². The smallest absolute Gasteiger partial charge is 0.278 e. The van der Waals surface area contributed by atoms with Crippen molar-refractivity contribution in [2.24, 2.45) is 0 Å². The van der Waals surface area contributed by atoms with E-state index in [1.165, 1.54) is 25.8 Å². The molecular formula is C14H19N5O4S. The van der Waals surface area contributed by atoms with Gasteiger partial charge in [-0.1, -0.05) is 0 Å². The molecule has 10 heteroatoms. The number of nitrogens with one attached hydrogen (secondary N) is 2. The van der Waals surface area contributed by atoms with Crippen LogP contribution in [0.4, 0.5) is 0 Å². The van der Waals surface area contributed by atoms with Crippen LogP contribution in [0.3, 0.4) is 0 Å². The molecule has 9 nitrogen and oxygen atoms in total. The lowest BCUT2D eigenvalue weighted by Crippen LogP contribution is -2.39. The topological polar surface area (TPSA) is 119 Å². The summed E-state index contributed by atoms with van der Waals surface area (Å²) in [7, 11) is -2.04. The third-order valence-electron chi connectivity index (χ3n) is 3.86. The average molecular weight is 353 g/mol. The van der Waals surface area contributed by atoms with Crippen LogP contribution in [-0.4, -0.2) is 47.6 Å². The van der Waals surface area contributed by atoms with Crippen molar-refractivity contribution >= 4 is 10.0 Å². The zero-order chi connectivity index (χ0) is 17.0. The van der Waals surface area contributed by atoms with Gasteiger partial charge < -0.3 is 14.5 Å². The third-order valence-corrected chi connectivity index (χ3v) is 5.31. The molecule has 3 rings (SSSR count). The maximum absolute atomic E-state index is 12.2. The summed E-state index contributed by atoms with van der Waals surface area (Å²) < 4.78 is 38.0. The van der Waals surface area contributed by atoms with Crippen molar-refractivity contribution in [1.82, 2.24) is 24.7 Å². The van der Waals surface area contributed by atoms with Crippen LogP contribution in [0.5, 0.6) is 11.8 Å². The highest BCUT2D eigenvalue weighted by molar-refractivity contribution is 7.89. The van der Waals surface area contributed by atoms with Crippen molar-refractivity contribution < 1.29 is 17.9 Å². The lowest BCUT2D eigenvalue weighted by atomic mass is 9.94. The molecule has 1 aliphatic carbocycles. The van der Waals surface area contributed by atoms with Gasteiger partial charge in [-0.2, -0.15) is 0 Å². The predicted octanol–water partition coefficient (Wildman–Crippen LogP) is 0.877. The van der Waals surface area contributed by atoms with Gasteiger partial charge in [0.25, 0.3) is 21.8 Å². The number of nitrogens with zero attached hydrogens (tertiary/aromatic N) is 3. The van der Waals surface area contributed by atoms with Crippen LogP contribution < -0.4 is 14.2 Å². The zero-order valence-electron chi connectivity index (χ0n) is 13.2. The van der Waals surface area contributed by atoms with Crippen LogP contribution in [0.2, 0.25) is 0 Å². The fourth-order valence-electron chi connectivity index (χ4n) is 2.66. The number of ether oxygens (including phenoxy) is 2. The van der Waals surface area contributed by atoms with Crippen molar-refractivity contribution in [2.45, 2.75) is 42.9 Å². The van der Waals surface area contributed by atoms with Crippen LogP contribution in [-0.2, 0) is 10.0 Å². The van der Waals surface area contributed by atoms with Crippen molar-refractivity contribution in [1.29, 1.82) is 0 Å². The molecule has 0 unspecified atom stereocenters. The Balaban J connectivity index is 1.54. The molecule has 2 N–H and O–H groups in total. The lowest BCUT2D eigenvalue weighted by Gasteiger charge is -2.28. The van der Waals surface area contributed by atoms with E-state index in [9.17, 15) is 8.42 Å². The molecule has 1 saturated carbocycles. The Labute approximate surface area is 139 Å². The van der Waals surface area contributed by atoms with E-state index in [2.05, 4.69) is 24.7 Å². The van der Waals surface area contributed by atoms with Gasteiger partial charge in [0.05, 0.1) is 19.6 Å². The molecule has 0 bridgehead atoms. The number of sulfonamides is 1. The maximum Gasteiger partial charge on any atom is 0.278 e. The fourth-order valence-corrected chi connectivity index (χ4v) is 3.87. The first kappa shape index (κ1) is 16.7. The van der Waals surface area contributed by atoms with Crippen LogP contribution in [0.1, 0.15) is 25.7 Å². The first-order valence-corrected chi connectivity index (χ1v) is 9.09. The quantitative estimate of drug-likeness (QED) is 0.791. The number of rotatable bonds is 6. The van der Waals surface area contributed by atoms with Crippen molar-refractivity contribution in [3.63, 3.8) is 0 Å². The number of hydrogen-bond acceptors (Lipinski definition) is 7. The molecule has 1 aliphatic rings. The molecule has 2 aromatic heterocycles. The van der Waals surface area contributed by atoms with Crippen LogP contribution in [0.25, 0.3) is 0 Å². The fraction of sp³-hybridized carbons (Fsp3) is 0.500. The zero-order valence-corrected chi connectivity index (χ0v) is 14.0. The number of imidazole rings is 1. The summed E-state index contributed by atoms with van der Waals surface area (Å²) in [5, 5.41) is 0.0742. The molecule has 2 aromatic rings. The minimum Gasteiger partial charge on any atom is -0.477 e. The van der Waals surface area contributed by atoms with Crippen LogP contribution >= 0.6 is 0 Å². The Morgan fingerprint density at radius 1 is 1.17 bits per heavy atom. The average Bonchev–Trinajstić information content (AvgIpc) is 3.12. The van der Waals surface area contributed by atoms with Gasteiger partial charge in [0, 0.05) is 18.4 Å². The number of aromatic amines is 1. The van der Waals surface area contributed by atoms with Crippen LogP contribution in [0, 0.1) is 0 Å². The van der Waals surface area contributed by atoms with E-state index in [1.807, 2.05) is 0 Å². The Morgan fingerprint density at radius 3 is 2.50 bits per heavy atom. The molecule has 0 radical (unpaired) electrons. The SMILES string of the molecule is COc1nccnc1OC1CCC(NS(=O)(=O)c2cnc[nH]2)CC1. The van der Waals surface area contributed by atoms with E-state index in [1.54, 1.807) is 6.20 Å². The summed E-state index contributed by atoms with van der Waals surface area (Å²) in [6, 6.07) is -0.123. The Hall–Kier alpha value is -2.20. The highest BCUT2D eigenvalue weighted by Crippen LogP contribution is 2.27. The van der Waals surface area contributed by atoms with Crippen LogP contribution in [0.15, 0.2) is 29.9 Å². The highest BCUT2D eigenvalue weighted by Gasteiger charge is 2.28. The molecule has 0 atom stereocenters. The molecular weight excluding hydrogens is 334 g/mol. The third kappa shape index (κ3) is 3.82. The Kier molecular flexibility index (Phi) is 4.95. The summed E-state index contributed by atoms with van der Waals surface area (Å²) in [6.45, 7) is 0. The molecule has 0 saturated heterocycles. The van der Waals surface area contributed by atoms with E-state index >= 15 is 0 Å². The van der Waals surface area contributed by atoms with Crippen molar-refractivity contribution in [3.8, 4) is 11.8 Å². The molecule has 0 aromatic carbocycles. The molecule has 0 amide bonds. The first-order chi connectivity index (χ1) is 11.6. The van der Waals surface area contributed by atoms with Gasteiger partial charge in [-0.25, -0.2) is 28.1 Å². The number of methoxy groups -OCH3 is 1. The highest BCUT2D eigenvalue weighted by atomic mass is 32.2. The normalized spacial score (nSPS) is 21.4. The summed E-state index contributed by atoms with van der Waals surface area (Å²) in [5.74, 6) is 0.709. The van der Waals surface area contributed by atoms with Gasteiger partial charge in [0.1, 0.15) is 6.10 Å². The molecule has 0 spiro atoms. The monoisotopic (exact) mass is 353 g/mol. The van der Waals surface area contributed by atoms with E-state index < -0.39 is 10.0 Å². The maximum atomic E-state index is 12.2. The summed E-state index contributed by atoms with van der Waals surface area (Å²) in [4.78, 5) is 14.5. The second kappa shape index (κ2) is 7.14. The van der Waals surface area contributed by atoms with Gasteiger partial charge in [0.15, 0.2) is 5.03 Å². The van der Waals surface area contributed by atoms with Gasteiger partial charge in [0.2, 0.25) is 0 Å². The molecule has 0 aliphatic heterocycles. The van der Waals surface area contributed by atoms with E-state index in [-0.39, 0.29) is 17.2 Å². The summed E-state index contributed by atoms with van der Waals surface area (Å²) >= 11 is 0. The summed E-state index contributed by atoms with van der Waals surface area (Å²) in [5.41, 5.74) is 0. The summed E-state index contributed by atoms with van der Waals surface area (Å²) in [6.07, 6.45) is 8.47. The van der Waals surface area contributed by atoms with Crippen molar-refractivity contribution in [3.05, 3.63) is 24.9 Å². The van der Waals surface area contributed by atoms with Gasteiger partial charge in [-0.05, 0) is 25.7 Å². The second-order valence-electron chi connectivity index (χ2n) is 5.50. The second-order valence-corrected chi connectivity index (χ2v) is 7.18. The first-order valence-electron chi connectivity index (χ1n) is 7.61. The Bertz CT molecular complexity index is 757. The Morgan fingerprint density at radius 2 is 1.88 bits per heavy atom. The van der Waals surface area contributed by atoms with E-state index in [0.717, 1.165) is 12.8 Å². The minimum atomic E-state index is -3.55. The molecule has 2 heterocycles. The minimum absolute atomic E-state index is 0.0384.